The van der Waals surface area contributed by atoms with Gasteiger partial charge >= 0.3 is 132 Å². The molecule has 0 saturated heterocycles. The number of ether oxygens (including phenoxy) is 1. The van der Waals surface area contributed by atoms with Gasteiger partial charge in [0.25, 0.3) is 0 Å². The van der Waals surface area contributed by atoms with Crippen LogP contribution in [0.25, 0.3) is 0 Å². The summed E-state index contributed by atoms with van der Waals surface area (Å²) in [7, 11) is 0. The van der Waals surface area contributed by atoms with Gasteiger partial charge in [0.2, 0.25) is 0 Å². The summed E-state index contributed by atoms with van der Waals surface area (Å²) >= 11 is 0.0685. The molecule has 0 aliphatic rings. The topological polar surface area (TPSA) is 9.23 Å². The summed E-state index contributed by atoms with van der Waals surface area (Å²) < 4.78 is 8.37. The van der Waals surface area contributed by atoms with E-state index in [1.807, 2.05) is 0 Å². The Morgan fingerprint density at radius 2 is 1.79 bits per heavy atom. The first kappa shape index (κ1) is 19.3. The molecule has 0 aromatic carbocycles. The van der Waals surface area contributed by atoms with Gasteiger partial charge in [-0.25, -0.2) is 0 Å². The zero-order chi connectivity index (χ0) is 14.5. The molecule has 0 N–H and O–H groups in total. The molecular formula is C17H34IO-. The Labute approximate surface area is 131 Å². The Kier molecular flexibility index (Phi) is 13.5. The minimum atomic E-state index is 0.0685. The molecule has 0 saturated carbocycles. The summed E-state index contributed by atoms with van der Waals surface area (Å²) in [5.41, 5.74) is 0. The standard InChI is InChI=1S/C17H34IO/c1-6-9-12-16(11-8-3)18-17(13-10-7-2)19-14-15(4)5/h13,15-16H,6-12,14H2,1-5H3/q-1. The Morgan fingerprint density at radius 1 is 1.05 bits per heavy atom. The third kappa shape index (κ3) is 11.8. The van der Waals surface area contributed by atoms with Crippen molar-refractivity contribution in [2.24, 2.45) is 5.92 Å². The van der Waals surface area contributed by atoms with Crippen LogP contribution in [0.4, 0.5) is 0 Å². The number of hydrogen-bond donors (Lipinski definition) is 0. The van der Waals surface area contributed by atoms with Gasteiger partial charge in [-0.2, -0.15) is 0 Å². The normalized spacial score (nSPS) is 14.1. The quantitative estimate of drug-likeness (QED) is 0.287. The van der Waals surface area contributed by atoms with Crippen LogP contribution < -0.4 is 21.2 Å². The van der Waals surface area contributed by atoms with E-state index >= 15 is 0 Å². The van der Waals surface area contributed by atoms with E-state index in [0.717, 1.165) is 10.5 Å². The van der Waals surface area contributed by atoms with Crippen LogP contribution in [0.1, 0.15) is 79.6 Å². The molecule has 0 radical (unpaired) electrons. The molecule has 0 aromatic rings. The number of alkyl halides is 1. The van der Waals surface area contributed by atoms with Crippen LogP contribution >= 0.6 is 0 Å². The number of unbranched alkanes of at least 4 members (excludes halogenated alkanes) is 2. The zero-order valence-electron chi connectivity index (χ0n) is 13.7. The molecular weight excluding hydrogens is 347 g/mol. The van der Waals surface area contributed by atoms with E-state index in [-0.39, 0.29) is 21.2 Å². The Hall–Kier alpha value is 0.270. The molecule has 1 atom stereocenters. The predicted octanol–water partition coefficient (Wildman–Crippen LogP) is 2.75. The van der Waals surface area contributed by atoms with Gasteiger partial charge in [0, 0.05) is 0 Å². The van der Waals surface area contributed by atoms with Gasteiger partial charge in [0.15, 0.2) is 0 Å². The molecule has 116 valence electrons. The summed E-state index contributed by atoms with van der Waals surface area (Å²) in [5.74, 6) is 0.634. The van der Waals surface area contributed by atoms with Crippen LogP contribution in [-0.4, -0.2) is 10.5 Å². The number of allylic oxidation sites excluding steroid dienone is 1. The van der Waals surface area contributed by atoms with Crippen LogP contribution in [0, 0.1) is 5.92 Å². The van der Waals surface area contributed by atoms with Crippen molar-refractivity contribution in [1.82, 2.24) is 0 Å². The third-order valence-corrected chi connectivity index (χ3v) is 6.37. The number of hydrogen-bond acceptors (Lipinski definition) is 1. The van der Waals surface area contributed by atoms with Crippen molar-refractivity contribution in [2.45, 2.75) is 83.5 Å². The van der Waals surface area contributed by atoms with Gasteiger partial charge in [-0.15, -0.1) is 0 Å². The van der Waals surface area contributed by atoms with E-state index in [0.29, 0.717) is 5.92 Å². The van der Waals surface area contributed by atoms with Crippen LogP contribution in [0.15, 0.2) is 9.84 Å². The Bertz CT molecular complexity index is 223. The van der Waals surface area contributed by atoms with Crippen molar-refractivity contribution >= 4 is 0 Å². The molecule has 1 nitrogen and oxygen atoms in total. The van der Waals surface area contributed by atoms with E-state index < -0.39 is 0 Å². The zero-order valence-corrected chi connectivity index (χ0v) is 15.8. The van der Waals surface area contributed by atoms with Crippen LogP contribution in [0.2, 0.25) is 0 Å². The fourth-order valence-electron chi connectivity index (χ4n) is 1.78. The van der Waals surface area contributed by atoms with Crippen molar-refractivity contribution in [3.05, 3.63) is 9.84 Å². The first-order valence-corrected chi connectivity index (χ1v) is 10.4. The molecule has 0 rings (SSSR count). The first-order valence-electron chi connectivity index (χ1n) is 8.10. The summed E-state index contributed by atoms with van der Waals surface area (Å²) in [6.07, 6.45) is 11.6. The molecule has 2 heteroatoms. The monoisotopic (exact) mass is 381 g/mol. The van der Waals surface area contributed by atoms with Gasteiger partial charge in [-0.05, 0) is 0 Å². The van der Waals surface area contributed by atoms with Crippen LogP contribution in [0.3, 0.4) is 0 Å². The third-order valence-electron chi connectivity index (χ3n) is 2.88. The van der Waals surface area contributed by atoms with Crippen molar-refractivity contribution in [3.8, 4) is 0 Å². The number of halogens is 1. The fourth-order valence-corrected chi connectivity index (χ4v) is 5.26. The van der Waals surface area contributed by atoms with Crippen molar-refractivity contribution in [2.75, 3.05) is 6.61 Å². The molecule has 19 heavy (non-hydrogen) atoms. The van der Waals surface area contributed by atoms with E-state index in [4.69, 9.17) is 4.74 Å². The average Bonchev–Trinajstić information content (AvgIpc) is 2.38. The fraction of sp³-hybridized carbons (Fsp3) is 0.882. The Morgan fingerprint density at radius 3 is 2.32 bits per heavy atom. The van der Waals surface area contributed by atoms with Crippen LogP contribution in [-0.2, 0) is 4.74 Å². The maximum absolute atomic E-state index is 6.07. The van der Waals surface area contributed by atoms with Crippen LogP contribution in [0.5, 0.6) is 0 Å². The van der Waals surface area contributed by atoms with Crippen molar-refractivity contribution in [3.63, 3.8) is 0 Å². The molecule has 1 unspecified atom stereocenters. The van der Waals surface area contributed by atoms with E-state index in [1.54, 1.807) is 0 Å². The molecule has 0 spiro atoms. The number of rotatable bonds is 12. The molecule has 0 fully saturated rings. The molecule has 0 aromatic heterocycles. The summed E-state index contributed by atoms with van der Waals surface area (Å²) in [5, 5.41) is 0. The molecule has 0 aliphatic carbocycles. The van der Waals surface area contributed by atoms with Gasteiger partial charge in [-0.1, -0.05) is 0 Å². The van der Waals surface area contributed by atoms with E-state index in [2.05, 4.69) is 40.7 Å². The van der Waals surface area contributed by atoms with Gasteiger partial charge in [0.05, 0.1) is 0 Å². The minimum absolute atomic E-state index is 0.0685. The summed E-state index contributed by atoms with van der Waals surface area (Å²) in [6, 6.07) is 0. The van der Waals surface area contributed by atoms with Gasteiger partial charge < -0.3 is 0 Å². The maximum atomic E-state index is 6.07. The molecule has 0 amide bonds. The second-order valence-corrected chi connectivity index (χ2v) is 9.09. The van der Waals surface area contributed by atoms with E-state index in [9.17, 15) is 0 Å². The summed E-state index contributed by atoms with van der Waals surface area (Å²) in [6.45, 7) is 12.2. The second-order valence-electron chi connectivity index (χ2n) is 5.64. The first-order chi connectivity index (χ1) is 9.13. The predicted molar refractivity (Wildman–Crippen MR) is 82.0 cm³/mol. The van der Waals surface area contributed by atoms with E-state index in [1.165, 1.54) is 48.7 Å². The SMILES string of the molecule is CCCC=C(OCC(C)C)[I-]C(CCC)CCCC. The van der Waals surface area contributed by atoms with Gasteiger partial charge in [-0.3, -0.25) is 0 Å². The van der Waals surface area contributed by atoms with Crippen molar-refractivity contribution < 1.29 is 25.9 Å². The van der Waals surface area contributed by atoms with Crippen molar-refractivity contribution in [1.29, 1.82) is 0 Å². The average molecular weight is 381 g/mol. The molecule has 0 aliphatic heterocycles. The van der Waals surface area contributed by atoms with Gasteiger partial charge in [0.1, 0.15) is 0 Å². The molecule has 0 heterocycles. The summed E-state index contributed by atoms with van der Waals surface area (Å²) in [4.78, 5) is 0. The Balaban J connectivity index is 4.37. The molecule has 0 bridgehead atoms. The second kappa shape index (κ2) is 13.3.